The lowest BCUT2D eigenvalue weighted by molar-refractivity contribution is -0.149. The minimum absolute atomic E-state index is 0.0961. The van der Waals surface area contributed by atoms with Gasteiger partial charge in [0, 0.05) is 12.6 Å². The maximum Gasteiger partial charge on any atom is 0.226 e. The lowest BCUT2D eigenvalue weighted by Gasteiger charge is -2.61. The minimum Gasteiger partial charge on any atom is -0.352 e. The van der Waals surface area contributed by atoms with Gasteiger partial charge in [-0.25, -0.2) is 0 Å². The number of hydrogen-bond acceptors (Lipinski definition) is 2. The molecule has 2 unspecified atom stereocenters. The van der Waals surface area contributed by atoms with E-state index in [0.717, 1.165) is 50.6 Å². The number of hydrogen-bond donors (Lipinski definition) is 1. The Morgan fingerprint density at radius 1 is 1.12 bits per heavy atom. The summed E-state index contributed by atoms with van der Waals surface area (Å²) in [5, 5.41) is 3.45. The molecule has 1 N–H and O–H groups in total. The van der Waals surface area contributed by atoms with E-state index >= 15 is 0 Å². The van der Waals surface area contributed by atoms with E-state index in [4.69, 9.17) is 0 Å². The fourth-order valence-electron chi connectivity index (χ4n) is 7.05. The van der Waals surface area contributed by atoms with Gasteiger partial charge in [-0.2, -0.15) is 0 Å². The molecular formula is C22H30N2O. The number of benzene rings is 1. The predicted octanol–water partition coefficient (Wildman–Crippen LogP) is 3.34. The van der Waals surface area contributed by atoms with E-state index in [2.05, 4.69) is 47.6 Å². The average Bonchev–Trinajstić information content (AvgIpc) is 2.99. The summed E-state index contributed by atoms with van der Waals surface area (Å²) in [7, 11) is 2.15. The van der Waals surface area contributed by atoms with E-state index in [1.165, 1.54) is 24.8 Å². The quantitative estimate of drug-likeness (QED) is 0.917. The van der Waals surface area contributed by atoms with Gasteiger partial charge >= 0.3 is 0 Å². The third-order valence-electron chi connectivity index (χ3n) is 7.66. The zero-order valence-electron chi connectivity index (χ0n) is 15.3. The Morgan fingerprint density at radius 2 is 1.84 bits per heavy atom. The molecule has 134 valence electrons. The van der Waals surface area contributed by atoms with Crippen molar-refractivity contribution >= 4 is 5.91 Å². The van der Waals surface area contributed by atoms with Crippen molar-refractivity contribution in [3.05, 3.63) is 35.9 Å². The Balaban J connectivity index is 1.43. The van der Waals surface area contributed by atoms with Crippen molar-refractivity contribution in [2.75, 3.05) is 20.1 Å². The van der Waals surface area contributed by atoms with Crippen molar-refractivity contribution in [3.8, 4) is 0 Å². The van der Waals surface area contributed by atoms with Crippen LogP contribution in [0.15, 0.2) is 30.3 Å². The number of likely N-dealkylation sites (tertiary alicyclic amines) is 1. The number of carbonyl (C=O) groups is 1. The van der Waals surface area contributed by atoms with Gasteiger partial charge in [-0.3, -0.25) is 4.79 Å². The molecule has 1 amide bonds. The van der Waals surface area contributed by atoms with E-state index in [-0.39, 0.29) is 10.8 Å². The van der Waals surface area contributed by atoms with Crippen molar-refractivity contribution in [2.24, 2.45) is 17.3 Å². The van der Waals surface area contributed by atoms with E-state index in [0.29, 0.717) is 11.9 Å². The molecule has 5 fully saturated rings. The second kappa shape index (κ2) is 5.57. The second-order valence-corrected chi connectivity index (χ2v) is 9.61. The van der Waals surface area contributed by atoms with Crippen LogP contribution in [0.4, 0.5) is 0 Å². The SMILES string of the molecule is CN1CC[C@@H](NC(=O)C23CC4CC(C2)CC(c2ccccc2)(C4)C3)C1. The fraction of sp³-hybridized carbons (Fsp3) is 0.682. The molecule has 1 aromatic rings. The first kappa shape index (κ1) is 15.9. The highest BCUT2D eigenvalue weighted by Gasteiger charge is 2.61. The van der Waals surface area contributed by atoms with Gasteiger partial charge < -0.3 is 10.2 Å². The maximum atomic E-state index is 13.4. The third-order valence-corrected chi connectivity index (χ3v) is 7.66. The molecule has 1 aromatic carbocycles. The molecule has 1 saturated heterocycles. The smallest absolute Gasteiger partial charge is 0.226 e. The molecule has 4 saturated carbocycles. The van der Waals surface area contributed by atoms with Gasteiger partial charge in [0.05, 0.1) is 5.41 Å². The lowest BCUT2D eigenvalue weighted by atomic mass is 9.42. The highest BCUT2D eigenvalue weighted by atomic mass is 16.2. The van der Waals surface area contributed by atoms with E-state index in [1.807, 2.05) is 0 Å². The number of amides is 1. The van der Waals surface area contributed by atoms with Crippen LogP contribution in [-0.4, -0.2) is 37.0 Å². The van der Waals surface area contributed by atoms with Gasteiger partial charge in [0.1, 0.15) is 0 Å². The van der Waals surface area contributed by atoms with E-state index < -0.39 is 0 Å². The number of nitrogens with one attached hydrogen (secondary N) is 1. The molecule has 3 heteroatoms. The summed E-state index contributed by atoms with van der Waals surface area (Å²) in [6.07, 6.45) is 8.40. The summed E-state index contributed by atoms with van der Waals surface area (Å²) in [4.78, 5) is 15.7. The molecule has 0 spiro atoms. The third kappa shape index (κ3) is 2.54. The Kier molecular flexibility index (Phi) is 3.54. The van der Waals surface area contributed by atoms with Crippen LogP contribution < -0.4 is 5.32 Å². The first-order chi connectivity index (χ1) is 12.1. The summed E-state index contributed by atoms with van der Waals surface area (Å²) in [5.41, 5.74) is 1.65. The summed E-state index contributed by atoms with van der Waals surface area (Å²) < 4.78 is 0. The Morgan fingerprint density at radius 3 is 2.48 bits per heavy atom. The average molecular weight is 338 g/mol. The monoisotopic (exact) mass is 338 g/mol. The van der Waals surface area contributed by atoms with Crippen LogP contribution >= 0.6 is 0 Å². The molecule has 3 atom stereocenters. The molecule has 4 aliphatic carbocycles. The largest absolute Gasteiger partial charge is 0.352 e. The molecule has 1 aliphatic heterocycles. The Hall–Kier alpha value is -1.35. The topological polar surface area (TPSA) is 32.3 Å². The van der Waals surface area contributed by atoms with Crippen LogP contribution in [0.2, 0.25) is 0 Å². The molecule has 25 heavy (non-hydrogen) atoms. The Bertz CT molecular complexity index is 656. The zero-order chi connectivity index (χ0) is 17.1. The normalized spacial score (nSPS) is 42.7. The number of rotatable bonds is 3. The summed E-state index contributed by atoms with van der Waals surface area (Å²) in [5.74, 6) is 1.87. The van der Waals surface area contributed by atoms with Gasteiger partial charge in [0.15, 0.2) is 0 Å². The minimum atomic E-state index is -0.0961. The van der Waals surface area contributed by atoms with Crippen molar-refractivity contribution in [2.45, 2.75) is 56.4 Å². The first-order valence-electron chi connectivity index (χ1n) is 10.1. The van der Waals surface area contributed by atoms with Crippen LogP contribution in [-0.2, 0) is 10.2 Å². The predicted molar refractivity (Wildman–Crippen MR) is 99.3 cm³/mol. The molecule has 5 aliphatic rings. The van der Waals surface area contributed by atoms with Crippen LogP contribution in [0.25, 0.3) is 0 Å². The van der Waals surface area contributed by atoms with Crippen LogP contribution in [0.1, 0.15) is 50.5 Å². The van der Waals surface area contributed by atoms with Crippen molar-refractivity contribution in [1.29, 1.82) is 0 Å². The second-order valence-electron chi connectivity index (χ2n) is 9.61. The number of likely N-dealkylation sites (N-methyl/N-ethyl adjacent to an activating group) is 1. The van der Waals surface area contributed by atoms with Crippen LogP contribution in [0, 0.1) is 17.3 Å². The number of nitrogens with zero attached hydrogens (tertiary/aromatic N) is 1. The first-order valence-corrected chi connectivity index (χ1v) is 10.1. The standard InChI is InChI=1S/C22H30N2O/c1-24-8-7-19(14-24)23-20(25)22-12-16-9-17(13-22)11-21(10-16,15-22)18-5-3-2-4-6-18/h2-6,16-17,19H,7-15H2,1H3,(H,23,25)/t16?,17?,19-,21?,22?/m1/s1. The van der Waals surface area contributed by atoms with Gasteiger partial charge in [0.25, 0.3) is 0 Å². The van der Waals surface area contributed by atoms with Gasteiger partial charge in [-0.1, -0.05) is 30.3 Å². The van der Waals surface area contributed by atoms with Gasteiger partial charge in [0.2, 0.25) is 5.91 Å². The van der Waals surface area contributed by atoms with Crippen LogP contribution in [0.5, 0.6) is 0 Å². The van der Waals surface area contributed by atoms with Crippen LogP contribution in [0.3, 0.4) is 0 Å². The highest BCUT2D eigenvalue weighted by Crippen LogP contribution is 2.65. The van der Waals surface area contributed by atoms with Crippen molar-refractivity contribution < 1.29 is 4.79 Å². The molecule has 4 bridgehead atoms. The maximum absolute atomic E-state index is 13.4. The van der Waals surface area contributed by atoms with E-state index in [1.54, 1.807) is 0 Å². The van der Waals surface area contributed by atoms with Crippen molar-refractivity contribution in [3.63, 3.8) is 0 Å². The van der Waals surface area contributed by atoms with E-state index in [9.17, 15) is 4.79 Å². The van der Waals surface area contributed by atoms with Gasteiger partial charge in [-0.05, 0) is 81.4 Å². The summed E-state index contributed by atoms with van der Waals surface area (Å²) >= 11 is 0. The molecule has 1 heterocycles. The molecule has 0 aromatic heterocycles. The van der Waals surface area contributed by atoms with Gasteiger partial charge in [-0.15, -0.1) is 0 Å². The molecule has 6 rings (SSSR count). The number of carbonyl (C=O) groups excluding carboxylic acids is 1. The fourth-order valence-corrected chi connectivity index (χ4v) is 7.05. The summed E-state index contributed by atoms with van der Waals surface area (Å²) in [6, 6.07) is 11.4. The lowest BCUT2D eigenvalue weighted by Crippen LogP contribution is -2.60. The molecule has 3 nitrogen and oxygen atoms in total. The molecular weight excluding hydrogens is 308 g/mol. The zero-order valence-corrected chi connectivity index (χ0v) is 15.3. The molecule has 0 radical (unpaired) electrons. The summed E-state index contributed by atoms with van der Waals surface area (Å²) in [6.45, 7) is 2.12. The highest BCUT2D eigenvalue weighted by molar-refractivity contribution is 5.84. The Labute approximate surface area is 151 Å². The van der Waals surface area contributed by atoms with Crippen molar-refractivity contribution in [1.82, 2.24) is 10.2 Å².